The quantitative estimate of drug-likeness (QED) is 0.811. The molecule has 2 atom stereocenters. The Hall–Kier alpha value is -2.12. The van der Waals surface area contributed by atoms with E-state index in [1.165, 1.54) is 11.8 Å². The van der Waals surface area contributed by atoms with Crippen LogP contribution in [-0.2, 0) is 21.1 Å². The van der Waals surface area contributed by atoms with Crippen LogP contribution >= 0.6 is 11.8 Å². The van der Waals surface area contributed by atoms with E-state index in [1.807, 2.05) is 65.6 Å². The Morgan fingerprint density at radius 3 is 2.38 bits per heavy atom. The first-order valence-corrected chi connectivity index (χ1v) is 11.1. The number of rotatable bonds is 3. The summed E-state index contributed by atoms with van der Waals surface area (Å²) in [5, 5.41) is 0.519. The number of carbonyl (C=O) groups excluding carboxylic acids is 1. The van der Waals surface area contributed by atoms with Crippen LogP contribution in [0.5, 0.6) is 0 Å². The molecule has 0 radical (unpaired) electrons. The first-order valence-electron chi connectivity index (χ1n) is 8.39. The fourth-order valence-corrected chi connectivity index (χ4v) is 7.30. The van der Waals surface area contributed by atoms with E-state index in [0.29, 0.717) is 5.17 Å². The summed E-state index contributed by atoms with van der Waals surface area (Å²) in [6, 6.07) is 18.9. The van der Waals surface area contributed by atoms with Crippen molar-refractivity contribution < 1.29 is 13.2 Å². The second kappa shape index (κ2) is 6.89. The molecule has 2 fully saturated rings. The number of amides is 1. The van der Waals surface area contributed by atoms with Crippen LogP contribution in [0.3, 0.4) is 0 Å². The molecule has 0 spiro atoms. The van der Waals surface area contributed by atoms with Gasteiger partial charge in [0.05, 0.1) is 24.0 Å². The molecule has 0 aliphatic carbocycles. The van der Waals surface area contributed by atoms with Crippen molar-refractivity contribution in [3.63, 3.8) is 0 Å². The van der Waals surface area contributed by atoms with Crippen molar-refractivity contribution in [2.45, 2.75) is 17.7 Å². The van der Waals surface area contributed by atoms with Gasteiger partial charge in [0.25, 0.3) is 5.91 Å². The van der Waals surface area contributed by atoms with Crippen LogP contribution < -0.4 is 4.90 Å². The lowest BCUT2D eigenvalue weighted by atomic mass is 10.1. The van der Waals surface area contributed by atoms with Crippen molar-refractivity contribution >= 4 is 38.4 Å². The van der Waals surface area contributed by atoms with Gasteiger partial charge in [0, 0.05) is 10.9 Å². The van der Waals surface area contributed by atoms with Gasteiger partial charge in [-0.05, 0) is 17.7 Å². The molecule has 7 heteroatoms. The maximum Gasteiger partial charge on any atom is 0.252 e. The summed E-state index contributed by atoms with van der Waals surface area (Å²) < 4.78 is 24.1. The minimum Gasteiger partial charge on any atom is -0.316 e. The highest BCUT2D eigenvalue weighted by atomic mass is 32.2. The normalized spacial score (nSPS) is 25.4. The second-order valence-electron chi connectivity index (χ2n) is 6.46. The fourth-order valence-electron chi connectivity index (χ4n) is 3.37. The summed E-state index contributed by atoms with van der Waals surface area (Å²) in [5.41, 5.74) is 1.79. The van der Waals surface area contributed by atoms with Gasteiger partial charge in [-0.2, -0.15) is 4.99 Å². The molecule has 2 heterocycles. The SMILES string of the molecule is O=C(Cc1ccccc1)N=C1S[C@@H]2CS(=O)(=O)C[C@H]2N1c1ccccc1. The first kappa shape index (κ1) is 17.3. The second-order valence-corrected chi connectivity index (χ2v) is 9.82. The van der Waals surface area contributed by atoms with Crippen LogP contribution in [0.1, 0.15) is 5.56 Å². The van der Waals surface area contributed by atoms with Gasteiger partial charge in [0.15, 0.2) is 15.0 Å². The molecule has 0 saturated carbocycles. The summed E-state index contributed by atoms with van der Waals surface area (Å²) in [6.07, 6.45) is 0.237. The van der Waals surface area contributed by atoms with Crippen molar-refractivity contribution in [1.29, 1.82) is 0 Å². The van der Waals surface area contributed by atoms with Gasteiger partial charge in [0.1, 0.15) is 0 Å². The Kier molecular flexibility index (Phi) is 4.58. The van der Waals surface area contributed by atoms with Crippen LogP contribution in [0.15, 0.2) is 65.7 Å². The zero-order chi connectivity index (χ0) is 18.1. The van der Waals surface area contributed by atoms with E-state index in [9.17, 15) is 13.2 Å². The standard InChI is InChI=1S/C19H18N2O3S2/c22-18(11-14-7-3-1-4-8-14)20-19-21(15-9-5-2-6-10-15)16-12-26(23,24)13-17(16)25-19/h1-10,16-17H,11-13H2/t16-,17-/m1/s1. The maximum atomic E-state index is 12.4. The molecule has 0 bridgehead atoms. The number of carbonyl (C=O) groups is 1. The molecule has 2 aromatic carbocycles. The number of benzene rings is 2. The molecule has 1 amide bonds. The average Bonchev–Trinajstić information content (AvgIpc) is 3.07. The summed E-state index contributed by atoms with van der Waals surface area (Å²) in [6.45, 7) is 0. The number of thioether (sulfide) groups is 1. The molecule has 2 aromatic rings. The van der Waals surface area contributed by atoms with Gasteiger partial charge < -0.3 is 4.90 Å². The third kappa shape index (κ3) is 3.54. The van der Waals surface area contributed by atoms with Crippen molar-refractivity contribution in [1.82, 2.24) is 0 Å². The van der Waals surface area contributed by atoms with E-state index in [-0.39, 0.29) is 35.1 Å². The number of aliphatic imine (C=N–C) groups is 1. The highest BCUT2D eigenvalue weighted by Gasteiger charge is 2.49. The van der Waals surface area contributed by atoms with Gasteiger partial charge >= 0.3 is 0 Å². The lowest BCUT2D eigenvalue weighted by molar-refractivity contribution is -0.117. The van der Waals surface area contributed by atoms with Crippen molar-refractivity contribution in [3.05, 3.63) is 66.2 Å². The molecule has 134 valence electrons. The van der Waals surface area contributed by atoms with E-state index in [4.69, 9.17) is 0 Å². The minimum absolute atomic E-state index is 0.0801. The topological polar surface area (TPSA) is 66.8 Å². The summed E-state index contributed by atoms with van der Waals surface area (Å²) >= 11 is 1.40. The lowest BCUT2D eigenvalue weighted by Gasteiger charge is -2.24. The van der Waals surface area contributed by atoms with E-state index >= 15 is 0 Å². The summed E-state index contributed by atoms with van der Waals surface area (Å²) in [5.74, 6) is 0.0192. The molecular weight excluding hydrogens is 368 g/mol. The number of para-hydroxylation sites is 1. The molecule has 2 aliphatic rings. The Bertz CT molecular complexity index is 943. The summed E-state index contributed by atoms with van der Waals surface area (Å²) in [7, 11) is -3.05. The van der Waals surface area contributed by atoms with E-state index in [2.05, 4.69) is 4.99 Å². The van der Waals surface area contributed by atoms with Crippen molar-refractivity contribution in [2.75, 3.05) is 16.4 Å². The van der Waals surface area contributed by atoms with Crippen molar-refractivity contribution in [2.24, 2.45) is 4.99 Å². The van der Waals surface area contributed by atoms with Gasteiger partial charge in [-0.3, -0.25) is 4.79 Å². The highest BCUT2D eigenvalue weighted by molar-refractivity contribution is 8.16. The minimum atomic E-state index is -3.05. The third-order valence-electron chi connectivity index (χ3n) is 4.52. The zero-order valence-corrected chi connectivity index (χ0v) is 15.6. The number of hydrogen-bond donors (Lipinski definition) is 0. The third-order valence-corrected chi connectivity index (χ3v) is 7.73. The number of fused-ring (bicyclic) bond motifs is 1. The van der Waals surface area contributed by atoms with Crippen LogP contribution in [-0.4, -0.2) is 42.3 Å². The largest absolute Gasteiger partial charge is 0.316 e. The lowest BCUT2D eigenvalue weighted by Crippen LogP contribution is -2.37. The van der Waals surface area contributed by atoms with Crippen molar-refractivity contribution in [3.8, 4) is 0 Å². The summed E-state index contributed by atoms with van der Waals surface area (Å²) in [4.78, 5) is 18.7. The Morgan fingerprint density at radius 1 is 1.04 bits per heavy atom. The Labute approximate surface area is 157 Å². The predicted molar refractivity (Wildman–Crippen MR) is 105 cm³/mol. The van der Waals surface area contributed by atoms with Gasteiger partial charge in [-0.25, -0.2) is 8.42 Å². The van der Waals surface area contributed by atoms with Gasteiger partial charge in [-0.1, -0.05) is 60.3 Å². The first-order chi connectivity index (χ1) is 12.5. The molecule has 4 rings (SSSR count). The zero-order valence-electron chi connectivity index (χ0n) is 14.0. The Balaban J connectivity index is 1.63. The number of nitrogens with zero attached hydrogens (tertiary/aromatic N) is 2. The highest BCUT2D eigenvalue weighted by Crippen LogP contribution is 2.40. The van der Waals surface area contributed by atoms with Crippen LogP contribution in [0, 0.1) is 0 Å². The number of amidine groups is 1. The number of sulfone groups is 1. The smallest absolute Gasteiger partial charge is 0.252 e. The van der Waals surface area contributed by atoms with Crippen LogP contribution in [0.2, 0.25) is 0 Å². The number of anilines is 1. The van der Waals surface area contributed by atoms with Crippen LogP contribution in [0.4, 0.5) is 5.69 Å². The predicted octanol–water partition coefficient (Wildman–Crippen LogP) is 2.53. The molecule has 0 aromatic heterocycles. The van der Waals surface area contributed by atoms with E-state index in [1.54, 1.807) is 0 Å². The van der Waals surface area contributed by atoms with Gasteiger partial charge in [0.2, 0.25) is 0 Å². The van der Waals surface area contributed by atoms with Gasteiger partial charge in [-0.15, -0.1) is 0 Å². The Morgan fingerprint density at radius 2 is 1.69 bits per heavy atom. The maximum absolute atomic E-state index is 12.4. The number of hydrogen-bond acceptors (Lipinski definition) is 4. The fraction of sp³-hybridized carbons (Fsp3) is 0.263. The van der Waals surface area contributed by atoms with E-state index < -0.39 is 9.84 Å². The van der Waals surface area contributed by atoms with Crippen LogP contribution in [0.25, 0.3) is 0 Å². The molecule has 0 unspecified atom stereocenters. The monoisotopic (exact) mass is 386 g/mol. The molecule has 2 saturated heterocycles. The molecule has 0 N–H and O–H groups in total. The average molecular weight is 386 g/mol. The molecular formula is C19H18N2O3S2. The molecule has 5 nitrogen and oxygen atoms in total. The molecule has 2 aliphatic heterocycles. The van der Waals surface area contributed by atoms with E-state index in [0.717, 1.165) is 11.3 Å². The molecule has 26 heavy (non-hydrogen) atoms.